The standard InChI is InChI=1S/C20H21NO8S/c1-4-29-20(24)14-7-5-13(6-8-14)12-21-30(25,26)17-10-15(18(22)27-2)9-16(11-17)19(23)28-3/h5-11,21H,4,12H2,1-3H3. The molecule has 0 aliphatic heterocycles. The van der Waals surface area contributed by atoms with Crippen molar-refractivity contribution in [3.8, 4) is 0 Å². The minimum absolute atomic E-state index is 0.0819. The van der Waals surface area contributed by atoms with Crippen LogP contribution in [0.25, 0.3) is 0 Å². The van der Waals surface area contributed by atoms with Crippen molar-refractivity contribution < 1.29 is 37.0 Å². The van der Waals surface area contributed by atoms with E-state index in [0.717, 1.165) is 26.4 Å². The Balaban J connectivity index is 2.25. The van der Waals surface area contributed by atoms with E-state index < -0.39 is 27.9 Å². The average Bonchev–Trinajstić information content (AvgIpc) is 2.76. The van der Waals surface area contributed by atoms with Gasteiger partial charge < -0.3 is 14.2 Å². The molecule has 9 nitrogen and oxygen atoms in total. The summed E-state index contributed by atoms with van der Waals surface area (Å²) in [6.45, 7) is 1.86. The molecule has 2 aromatic rings. The summed E-state index contributed by atoms with van der Waals surface area (Å²) >= 11 is 0. The summed E-state index contributed by atoms with van der Waals surface area (Å²) < 4.78 is 41.9. The highest BCUT2D eigenvalue weighted by Gasteiger charge is 2.21. The third-order valence-corrected chi connectivity index (χ3v) is 5.37. The second-order valence-electron chi connectivity index (χ2n) is 5.97. The van der Waals surface area contributed by atoms with Gasteiger partial charge in [-0.2, -0.15) is 0 Å². The molecule has 0 aromatic heterocycles. The van der Waals surface area contributed by atoms with Crippen LogP contribution < -0.4 is 4.72 Å². The second-order valence-corrected chi connectivity index (χ2v) is 7.74. The molecule has 0 saturated carbocycles. The summed E-state index contributed by atoms with van der Waals surface area (Å²) in [7, 11) is -1.80. The monoisotopic (exact) mass is 435 g/mol. The van der Waals surface area contributed by atoms with Crippen LogP contribution in [0.1, 0.15) is 43.6 Å². The summed E-state index contributed by atoms with van der Waals surface area (Å²) in [6.07, 6.45) is 0. The number of carbonyl (C=O) groups excluding carboxylic acids is 3. The van der Waals surface area contributed by atoms with Gasteiger partial charge in [0.2, 0.25) is 10.0 Å². The predicted octanol–water partition coefficient (Wildman–Crippen LogP) is 1.91. The van der Waals surface area contributed by atoms with Crippen molar-refractivity contribution in [1.29, 1.82) is 0 Å². The fourth-order valence-corrected chi connectivity index (χ4v) is 3.55. The molecule has 0 saturated heterocycles. The average molecular weight is 435 g/mol. The SMILES string of the molecule is CCOC(=O)c1ccc(CNS(=O)(=O)c2cc(C(=O)OC)cc(C(=O)OC)c2)cc1. The summed E-state index contributed by atoms with van der Waals surface area (Å²) in [6, 6.07) is 9.60. The maximum absolute atomic E-state index is 12.7. The number of nitrogens with one attached hydrogen (secondary N) is 1. The minimum atomic E-state index is -4.08. The third kappa shape index (κ3) is 5.65. The summed E-state index contributed by atoms with van der Waals surface area (Å²) in [5.41, 5.74) is 0.708. The van der Waals surface area contributed by atoms with Gasteiger partial charge in [0.05, 0.1) is 42.4 Å². The quantitative estimate of drug-likeness (QED) is 0.492. The van der Waals surface area contributed by atoms with Crippen LogP contribution in [-0.4, -0.2) is 47.2 Å². The number of sulfonamides is 1. The van der Waals surface area contributed by atoms with Gasteiger partial charge in [0.15, 0.2) is 0 Å². The van der Waals surface area contributed by atoms with Crippen molar-refractivity contribution in [3.05, 3.63) is 64.7 Å². The molecular weight excluding hydrogens is 414 g/mol. The van der Waals surface area contributed by atoms with E-state index in [4.69, 9.17) is 4.74 Å². The highest BCUT2D eigenvalue weighted by Crippen LogP contribution is 2.18. The van der Waals surface area contributed by atoms with Gasteiger partial charge in [-0.05, 0) is 42.8 Å². The van der Waals surface area contributed by atoms with Gasteiger partial charge in [-0.3, -0.25) is 0 Å². The van der Waals surface area contributed by atoms with Crippen molar-refractivity contribution >= 4 is 27.9 Å². The van der Waals surface area contributed by atoms with E-state index >= 15 is 0 Å². The highest BCUT2D eigenvalue weighted by molar-refractivity contribution is 7.89. The van der Waals surface area contributed by atoms with Gasteiger partial charge in [0.25, 0.3) is 0 Å². The number of methoxy groups -OCH3 is 2. The summed E-state index contributed by atoms with van der Waals surface area (Å²) in [5, 5.41) is 0. The number of esters is 3. The van der Waals surface area contributed by atoms with Crippen LogP contribution in [-0.2, 0) is 30.8 Å². The largest absolute Gasteiger partial charge is 0.465 e. The number of hydrogen-bond acceptors (Lipinski definition) is 8. The van der Waals surface area contributed by atoms with Crippen LogP contribution >= 0.6 is 0 Å². The van der Waals surface area contributed by atoms with Crippen molar-refractivity contribution in [2.24, 2.45) is 0 Å². The van der Waals surface area contributed by atoms with Crippen LogP contribution in [0.15, 0.2) is 47.4 Å². The zero-order chi connectivity index (χ0) is 22.3. The number of ether oxygens (including phenoxy) is 3. The van der Waals surface area contributed by atoms with E-state index in [2.05, 4.69) is 14.2 Å². The Morgan fingerprint density at radius 3 is 1.83 bits per heavy atom. The lowest BCUT2D eigenvalue weighted by Gasteiger charge is -2.10. The Hall–Kier alpha value is -3.24. The Bertz CT molecular complexity index is 1010. The first-order chi connectivity index (χ1) is 14.2. The lowest BCUT2D eigenvalue weighted by molar-refractivity contribution is 0.0524. The van der Waals surface area contributed by atoms with E-state index in [0.29, 0.717) is 11.1 Å². The van der Waals surface area contributed by atoms with E-state index in [9.17, 15) is 22.8 Å². The van der Waals surface area contributed by atoms with Crippen LogP contribution in [0.3, 0.4) is 0 Å². The molecule has 0 aliphatic carbocycles. The van der Waals surface area contributed by atoms with E-state index in [1.54, 1.807) is 19.1 Å². The fourth-order valence-electron chi connectivity index (χ4n) is 2.46. The maximum Gasteiger partial charge on any atom is 0.338 e. The smallest absolute Gasteiger partial charge is 0.338 e. The van der Waals surface area contributed by atoms with Gasteiger partial charge in [0.1, 0.15) is 0 Å². The molecule has 0 heterocycles. The minimum Gasteiger partial charge on any atom is -0.465 e. The first-order valence-corrected chi connectivity index (χ1v) is 10.3. The molecule has 0 unspecified atom stereocenters. The predicted molar refractivity (Wildman–Crippen MR) is 106 cm³/mol. The molecule has 0 amide bonds. The topological polar surface area (TPSA) is 125 Å². The molecule has 0 radical (unpaired) electrons. The molecule has 30 heavy (non-hydrogen) atoms. The van der Waals surface area contributed by atoms with Crippen molar-refractivity contribution in [2.45, 2.75) is 18.4 Å². The van der Waals surface area contributed by atoms with Crippen molar-refractivity contribution in [1.82, 2.24) is 4.72 Å². The molecule has 0 bridgehead atoms. The van der Waals surface area contributed by atoms with E-state index in [-0.39, 0.29) is 29.2 Å². The molecule has 0 spiro atoms. The first-order valence-electron chi connectivity index (χ1n) is 8.79. The Kier molecular flexibility index (Phi) is 7.67. The molecular formula is C20H21NO8S. The molecule has 10 heteroatoms. The van der Waals surface area contributed by atoms with Crippen LogP contribution in [0.4, 0.5) is 0 Å². The molecule has 0 atom stereocenters. The molecule has 0 fully saturated rings. The fraction of sp³-hybridized carbons (Fsp3) is 0.250. The van der Waals surface area contributed by atoms with E-state index in [1.165, 1.54) is 18.2 Å². The second kappa shape index (κ2) is 9.99. The van der Waals surface area contributed by atoms with Crippen molar-refractivity contribution in [2.75, 3.05) is 20.8 Å². The molecule has 2 rings (SSSR count). The summed E-state index contributed by atoms with van der Waals surface area (Å²) in [5.74, 6) is -2.07. The lowest BCUT2D eigenvalue weighted by atomic mass is 10.1. The van der Waals surface area contributed by atoms with Gasteiger partial charge in [0, 0.05) is 6.54 Å². The lowest BCUT2D eigenvalue weighted by Crippen LogP contribution is -2.24. The van der Waals surface area contributed by atoms with Crippen LogP contribution in [0.2, 0.25) is 0 Å². The molecule has 160 valence electrons. The van der Waals surface area contributed by atoms with Gasteiger partial charge in [-0.1, -0.05) is 12.1 Å². The zero-order valence-corrected chi connectivity index (χ0v) is 17.4. The van der Waals surface area contributed by atoms with Gasteiger partial charge >= 0.3 is 17.9 Å². The maximum atomic E-state index is 12.7. The van der Waals surface area contributed by atoms with E-state index in [1.807, 2.05) is 0 Å². The Morgan fingerprint density at radius 1 is 0.833 bits per heavy atom. The highest BCUT2D eigenvalue weighted by atomic mass is 32.2. The Labute approximate surface area is 174 Å². The van der Waals surface area contributed by atoms with Crippen molar-refractivity contribution in [3.63, 3.8) is 0 Å². The number of carbonyl (C=O) groups is 3. The Morgan fingerprint density at radius 2 is 1.37 bits per heavy atom. The van der Waals surface area contributed by atoms with Gasteiger partial charge in [-0.25, -0.2) is 27.5 Å². The number of benzene rings is 2. The zero-order valence-electron chi connectivity index (χ0n) is 16.6. The van der Waals surface area contributed by atoms with Crippen LogP contribution in [0, 0.1) is 0 Å². The first kappa shape index (κ1) is 23.0. The van der Waals surface area contributed by atoms with Crippen LogP contribution in [0.5, 0.6) is 0 Å². The molecule has 2 aromatic carbocycles. The summed E-state index contributed by atoms with van der Waals surface area (Å²) in [4.78, 5) is 35.1. The normalized spacial score (nSPS) is 10.9. The number of rotatable bonds is 8. The number of hydrogen-bond donors (Lipinski definition) is 1. The molecule has 0 aliphatic rings. The third-order valence-electron chi connectivity index (χ3n) is 3.99. The van der Waals surface area contributed by atoms with Gasteiger partial charge in [-0.15, -0.1) is 0 Å². The molecule has 1 N–H and O–H groups in total.